The Kier molecular flexibility index (Phi) is 3.96. The summed E-state index contributed by atoms with van der Waals surface area (Å²) < 4.78 is 77.8. The summed E-state index contributed by atoms with van der Waals surface area (Å²) in [5.41, 5.74) is 5.04. The van der Waals surface area contributed by atoms with E-state index in [4.69, 9.17) is 10.8 Å². The molecule has 0 aromatic heterocycles. The molecule has 11 heteroatoms. The van der Waals surface area contributed by atoms with Crippen molar-refractivity contribution in [1.82, 2.24) is 4.90 Å². The number of nitrogens with two attached hydrogens (primary N) is 1. The third-order valence-corrected chi connectivity index (χ3v) is 2.72. The molecule has 0 saturated carbocycles. The summed E-state index contributed by atoms with van der Waals surface area (Å²) in [5.74, 6) is -19.0. The van der Waals surface area contributed by atoms with Crippen molar-refractivity contribution in [3.8, 4) is 0 Å². The van der Waals surface area contributed by atoms with Crippen LogP contribution in [0.3, 0.4) is 0 Å². The molecule has 1 saturated heterocycles. The number of amides is 1. The summed E-state index contributed by atoms with van der Waals surface area (Å²) in [6.45, 7) is -3.91. The van der Waals surface area contributed by atoms with E-state index in [0.717, 1.165) is 0 Å². The van der Waals surface area contributed by atoms with Crippen molar-refractivity contribution in [2.24, 2.45) is 5.73 Å². The monoisotopic (exact) mass is 308 g/mol. The van der Waals surface area contributed by atoms with Crippen molar-refractivity contribution in [1.29, 1.82) is 0 Å². The molecular weight excluding hydrogens is 298 g/mol. The van der Waals surface area contributed by atoms with Gasteiger partial charge in [-0.05, 0) is 0 Å². The average Bonchev–Trinajstić information content (AvgIpc) is 2.23. The van der Waals surface area contributed by atoms with Gasteiger partial charge in [-0.15, -0.1) is 0 Å². The van der Waals surface area contributed by atoms with Crippen molar-refractivity contribution >= 4 is 11.9 Å². The second kappa shape index (κ2) is 4.79. The molecule has 0 aliphatic carbocycles. The molecule has 0 bridgehead atoms. The van der Waals surface area contributed by atoms with E-state index in [1.165, 1.54) is 0 Å². The zero-order valence-corrected chi connectivity index (χ0v) is 9.75. The Hall–Kier alpha value is -1.52. The highest BCUT2D eigenvalue weighted by atomic mass is 19.3. The normalized spacial score (nSPS) is 25.1. The quantitative estimate of drug-likeness (QED) is 0.745. The van der Waals surface area contributed by atoms with Gasteiger partial charge in [0.25, 0.3) is 0 Å². The standard InChI is InChI=1S/C9H10F6N2O3/c10-7(11)2-17(3-8(12,13)9(7,14)15)6(20)4(16)1-5(18)19/h4H,1-3,16H2,(H,18,19)/t4-/m0/s1. The molecule has 5 nitrogen and oxygen atoms in total. The van der Waals surface area contributed by atoms with Gasteiger partial charge in [0.05, 0.1) is 25.6 Å². The summed E-state index contributed by atoms with van der Waals surface area (Å²) in [6.07, 6.45) is -0.997. The number of aliphatic carboxylic acids is 1. The molecule has 3 N–H and O–H groups in total. The van der Waals surface area contributed by atoms with Crippen molar-refractivity contribution in [3.63, 3.8) is 0 Å². The van der Waals surface area contributed by atoms with E-state index in [1.54, 1.807) is 0 Å². The van der Waals surface area contributed by atoms with E-state index >= 15 is 0 Å². The Bertz CT molecular complexity index is 408. The number of carboxylic acids is 1. The molecule has 0 aromatic rings. The van der Waals surface area contributed by atoms with Crippen LogP contribution >= 0.6 is 0 Å². The zero-order valence-electron chi connectivity index (χ0n) is 9.75. The molecule has 116 valence electrons. The van der Waals surface area contributed by atoms with E-state index in [1.807, 2.05) is 0 Å². The minimum absolute atomic E-state index is 0.245. The number of rotatable bonds is 3. The maximum absolute atomic E-state index is 13.0. The van der Waals surface area contributed by atoms with Crippen molar-refractivity contribution < 1.29 is 41.0 Å². The molecule has 1 rings (SSSR count). The number of nitrogens with zero attached hydrogens (tertiary/aromatic N) is 1. The molecular formula is C9H10F6N2O3. The molecule has 1 fully saturated rings. The number of carbonyl (C=O) groups excluding carboxylic acids is 1. The lowest BCUT2D eigenvalue weighted by Gasteiger charge is -2.43. The number of halogens is 6. The lowest BCUT2D eigenvalue weighted by molar-refractivity contribution is -0.335. The summed E-state index contributed by atoms with van der Waals surface area (Å²) in [7, 11) is 0. The highest BCUT2D eigenvalue weighted by Crippen LogP contribution is 2.49. The molecule has 0 radical (unpaired) electrons. The van der Waals surface area contributed by atoms with E-state index in [9.17, 15) is 35.9 Å². The molecule has 0 unspecified atom stereocenters. The maximum atomic E-state index is 13.0. The third kappa shape index (κ3) is 2.67. The fourth-order valence-electron chi connectivity index (χ4n) is 1.67. The van der Waals surface area contributed by atoms with Crippen LogP contribution < -0.4 is 5.73 Å². The molecule has 1 amide bonds. The van der Waals surface area contributed by atoms with E-state index in [0.29, 0.717) is 0 Å². The Balaban J connectivity index is 2.96. The highest BCUT2D eigenvalue weighted by molar-refractivity contribution is 5.86. The van der Waals surface area contributed by atoms with Crippen molar-refractivity contribution in [3.05, 3.63) is 0 Å². The van der Waals surface area contributed by atoms with Crippen LogP contribution in [0.1, 0.15) is 6.42 Å². The summed E-state index contributed by atoms with van der Waals surface area (Å²) in [6, 6.07) is -1.87. The number of piperidine rings is 1. The highest BCUT2D eigenvalue weighted by Gasteiger charge is 2.75. The lowest BCUT2D eigenvalue weighted by atomic mass is 9.97. The van der Waals surface area contributed by atoms with Gasteiger partial charge >= 0.3 is 23.7 Å². The topological polar surface area (TPSA) is 83.6 Å². The number of alkyl halides is 6. The lowest BCUT2D eigenvalue weighted by Crippen LogP contribution is -2.69. The van der Waals surface area contributed by atoms with Crippen LogP contribution in [-0.4, -0.2) is 58.8 Å². The zero-order chi connectivity index (χ0) is 15.9. The number of carbonyl (C=O) groups is 2. The van der Waals surface area contributed by atoms with Crippen molar-refractivity contribution in [2.45, 2.75) is 30.2 Å². The Morgan fingerprint density at radius 2 is 1.50 bits per heavy atom. The van der Waals surface area contributed by atoms with Gasteiger partial charge in [0.15, 0.2) is 0 Å². The first kappa shape index (κ1) is 16.5. The van der Waals surface area contributed by atoms with Gasteiger partial charge in [-0.3, -0.25) is 9.59 Å². The van der Waals surface area contributed by atoms with Crippen molar-refractivity contribution in [2.75, 3.05) is 13.1 Å². The third-order valence-electron chi connectivity index (χ3n) is 2.72. The minimum atomic E-state index is -5.60. The number of hydrogen-bond acceptors (Lipinski definition) is 3. The number of hydrogen-bond donors (Lipinski definition) is 2. The first-order valence-electron chi connectivity index (χ1n) is 5.21. The Morgan fingerprint density at radius 1 is 1.10 bits per heavy atom. The maximum Gasteiger partial charge on any atom is 0.375 e. The van der Waals surface area contributed by atoms with Gasteiger partial charge in [0, 0.05) is 0 Å². The van der Waals surface area contributed by atoms with Gasteiger partial charge in [0.2, 0.25) is 5.91 Å². The van der Waals surface area contributed by atoms with E-state index in [2.05, 4.69) is 0 Å². The molecule has 20 heavy (non-hydrogen) atoms. The van der Waals surface area contributed by atoms with Crippen LogP contribution in [0, 0.1) is 0 Å². The minimum Gasteiger partial charge on any atom is -0.481 e. The van der Waals surface area contributed by atoms with Crippen LogP contribution in [0.15, 0.2) is 0 Å². The van der Waals surface area contributed by atoms with Crippen LogP contribution in [0.25, 0.3) is 0 Å². The van der Waals surface area contributed by atoms with Crippen LogP contribution in [0.4, 0.5) is 26.3 Å². The Labute approximate surface area is 108 Å². The summed E-state index contributed by atoms with van der Waals surface area (Å²) in [4.78, 5) is 21.5. The largest absolute Gasteiger partial charge is 0.481 e. The summed E-state index contributed by atoms with van der Waals surface area (Å²) in [5, 5.41) is 8.35. The molecule has 0 spiro atoms. The van der Waals surface area contributed by atoms with E-state index in [-0.39, 0.29) is 4.90 Å². The van der Waals surface area contributed by atoms with Crippen LogP contribution in [-0.2, 0) is 9.59 Å². The summed E-state index contributed by atoms with van der Waals surface area (Å²) >= 11 is 0. The fraction of sp³-hybridized carbons (Fsp3) is 0.778. The molecule has 1 heterocycles. The Morgan fingerprint density at radius 3 is 1.85 bits per heavy atom. The predicted molar refractivity (Wildman–Crippen MR) is 51.6 cm³/mol. The average molecular weight is 308 g/mol. The first-order valence-corrected chi connectivity index (χ1v) is 5.21. The van der Waals surface area contributed by atoms with Gasteiger partial charge < -0.3 is 15.7 Å². The second-order valence-corrected chi connectivity index (χ2v) is 4.38. The van der Waals surface area contributed by atoms with Gasteiger partial charge in [-0.25, -0.2) is 0 Å². The number of likely N-dealkylation sites (tertiary alicyclic amines) is 1. The van der Waals surface area contributed by atoms with Gasteiger partial charge in [-0.1, -0.05) is 0 Å². The SMILES string of the molecule is N[C@@H](CC(=O)O)C(=O)N1CC(F)(F)C(F)(F)C(F)(F)C1. The molecule has 1 atom stereocenters. The second-order valence-electron chi connectivity index (χ2n) is 4.38. The van der Waals surface area contributed by atoms with Gasteiger partial charge in [0.1, 0.15) is 0 Å². The molecule has 1 aliphatic rings. The van der Waals surface area contributed by atoms with Crippen LogP contribution in [0.2, 0.25) is 0 Å². The first-order chi connectivity index (χ1) is 8.82. The molecule has 1 aliphatic heterocycles. The van der Waals surface area contributed by atoms with E-state index < -0.39 is 55.2 Å². The predicted octanol–water partition coefficient (Wildman–Crippen LogP) is 0.536. The smallest absolute Gasteiger partial charge is 0.375 e. The molecule has 0 aromatic carbocycles. The van der Waals surface area contributed by atoms with Crippen LogP contribution in [0.5, 0.6) is 0 Å². The van der Waals surface area contributed by atoms with Gasteiger partial charge in [-0.2, -0.15) is 26.3 Å². The number of carboxylic acid groups (broad SMARTS) is 1. The fourth-order valence-corrected chi connectivity index (χ4v) is 1.67.